The third-order valence-corrected chi connectivity index (χ3v) is 4.57. The van der Waals surface area contributed by atoms with Gasteiger partial charge in [0.1, 0.15) is 17.2 Å². The highest BCUT2D eigenvalue weighted by atomic mass is 32.1. The average Bonchev–Trinajstić information content (AvgIpc) is 3.30. The molecule has 6 nitrogen and oxygen atoms in total. The second kappa shape index (κ2) is 6.57. The maximum absolute atomic E-state index is 13.6. The molecule has 1 amide bonds. The molecule has 1 N–H and O–H groups in total. The predicted molar refractivity (Wildman–Crippen MR) is 97.2 cm³/mol. The number of aromatic nitrogens is 3. The molecule has 0 fully saturated rings. The summed E-state index contributed by atoms with van der Waals surface area (Å²) in [7, 11) is 1.51. The maximum atomic E-state index is 13.6. The van der Waals surface area contributed by atoms with Crippen LogP contribution in [0.1, 0.15) is 10.4 Å². The largest absolute Gasteiger partial charge is 0.496 e. The maximum Gasteiger partial charge on any atom is 0.258 e. The van der Waals surface area contributed by atoms with Crippen LogP contribution in [0.4, 0.5) is 9.52 Å². The fourth-order valence-corrected chi connectivity index (χ4v) is 3.26. The minimum atomic E-state index is -0.381. The molecule has 8 heteroatoms. The second-order valence-corrected chi connectivity index (χ2v) is 6.31. The van der Waals surface area contributed by atoms with Crippen molar-refractivity contribution in [3.63, 3.8) is 0 Å². The first kappa shape index (κ1) is 16.2. The Morgan fingerprint density at radius 1 is 1.31 bits per heavy atom. The molecule has 26 heavy (non-hydrogen) atoms. The van der Waals surface area contributed by atoms with E-state index in [0.29, 0.717) is 27.7 Å². The molecule has 0 unspecified atom stereocenters. The molecule has 0 spiro atoms. The number of fused-ring (bicyclic) bond motifs is 1. The van der Waals surface area contributed by atoms with Gasteiger partial charge in [0.05, 0.1) is 18.4 Å². The minimum absolute atomic E-state index is 0.285. The van der Waals surface area contributed by atoms with Crippen molar-refractivity contribution in [3.8, 4) is 17.0 Å². The van der Waals surface area contributed by atoms with Crippen LogP contribution in [0.25, 0.3) is 16.9 Å². The predicted octanol–water partition coefficient (Wildman–Crippen LogP) is 3.86. The van der Waals surface area contributed by atoms with E-state index in [4.69, 9.17) is 4.74 Å². The number of methoxy groups -OCH3 is 1. The Balaban J connectivity index is 1.58. The number of halogens is 1. The van der Waals surface area contributed by atoms with Gasteiger partial charge in [-0.05, 0) is 30.3 Å². The van der Waals surface area contributed by atoms with Crippen molar-refractivity contribution < 1.29 is 13.9 Å². The Kier molecular flexibility index (Phi) is 4.10. The monoisotopic (exact) mass is 368 g/mol. The van der Waals surface area contributed by atoms with Gasteiger partial charge in [-0.15, -0.1) is 11.3 Å². The summed E-state index contributed by atoms with van der Waals surface area (Å²) in [6, 6.07) is 7.68. The molecule has 130 valence electrons. The highest BCUT2D eigenvalue weighted by molar-refractivity contribution is 7.14. The normalized spacial score (nSPS) is 10.8. The third kappa shape index (κ3) is 3.02. The number of imidazole rings is 1. The molecule has 0 aliphatic heterocycles. The summed E-state index contributed by atoms with van der Waals surface area (Å²) in [6.45, 7) is 0. The van der Waals surface area contributed by atoms with Crippen molar-refractivity contribution in [1.29, 1.82) is 0 Å². The minimum Gasteiger partial charge on any atom is -0.496 e. The van der Waals surface area contributed by atoms with Gasteiger partial charge in [-0.1, -0.05) is 0 Å². The van der Waals surface area contributed by atoms with Crippen molar-refractivity contribution in [2.75, 3.05) is 12.4 Å². The smallest absolute Gasteiger partial charge is 0.258 e. The van der Waals surface area contributed by atoms with Crippen LogP contribution in [0, 0.1) is 5.82 Å². The number of hydrogen-bond donors (Lipinski definition) is 1. The topological polar surface area (TPSA) is 68.5 Å². The SMILES string of the molecule is COc1ccc(F)cc1-c1csc(NC(=O)c2ccc3nccn3c2)n1. The van der Waals surface area contributed by atoms with Crippen LogP contribution in [0.2, 0.25) is 0 Å². The summed E-state index contributed by atoms with van der Waals surface area (Å²) in [6.07, 6.45) is 5.13. The van der Waals surface area contributed by atoms with Crippen LogP contribution in [-0.2, 0) is 0 Å². The summed E-state index contributed by atoms with van der Waals surface area (Å²) in [5, 5.41) is 4.92. The van der Waals surface area contributed by atoms with Gasteiger partial charge in [-0.2, -0.15) is 0 Å². The number of benzene rings is 1. The first-order valence-electron chi connectivity index (χ1n) is 7.67. The Morgan fingerprint density at radius 2 is 2.19 bits per heavy atom. The number of nitrogens with zero attached hydrogens (tertiary/aromatic N) is 3. The van der Waals surface area contributed by atoms with Crippen LogP contribution >= 0.6 is 11.3 Å². The molecule has 4 aromatic rings. The van der Waals surface area contributed by atoms with Gasteiger partial charge in [0.25, 0.3) is 5.91 Å². The Labute approximate surface area is 151 Å². The molecule has 3 heterocycles. The van der Waals surface area contributed by atoms with E-state index < -0.39 is 0 Å². The summed E-state index contributed by atoms with van der Waals surface area (Å²) < 4.78 is 20.6. The van der Waals surface area contributed by atoms with Crippen LogP contribution < -0.4 is 10.1 Å². The lowest BCUT2D eigenvalue weighted by Gasteiger charge is -2.06. The van der Waals surface area contributed by atoms with E-state index in [-0.39, 0.29) is 11.7 Å². The molecule has 0 aliphatic rings. The number of hydrogen-bond acceptors (Lipinski definition) is 5. The highest BCUT2D eigenvalue weighted by Crippen LogP contribution is 2.32. The molecule has 0 saturated heterocycles. The first-order valence-corrected chi connectivity index (χ1v) is 8.55. The highest BCUT2D eigenvalue weighted by Gasteiger charge is 2.14. The average molecular weight is 368 g/mol. The Hall–Kier alpha value is -3.26. The van der Waals surface area contributed by atoms with E-state index in [1.807, 2.05) is 0 Å². The molecule has 0 bridgehead atoms. The lowest BCUT2D eigenvalue weighted by Crippen LogP contribution is -2.12. The zero-order chi connectivity index (χ0) is 18.1. The number of anilines is 1. The molecular formula is C18H13FN4O2S. The quantitative estimate of drug-likeness (QED) is 0.594. The number of nitrogens with one attached hydrogen (secondary N) is 1. The van der Waals surface area contributed by atoms with Gasteiger partial charge < -0.3 is 9.14 Å². The molecule has 0 radical (unpaired) electrons. The zero-order valence-electron chi connectivity index (χ0n) is 13.6. The molecule has 4 rings (SSSR count). The van der Waals surface area contributed by atoms with Crippen LogP contribution in [0.5, 0.6) is 5.75 Å². The summed E-state index contributed by atoms with van der Waals surface area (Å²) in [5.41, 5.74) is 2.31. The van der Waals surface area contributed by atoms with E-state index in [2.05, 4.69) is 15.3 Å². The molecule has 0 aliphatic carbocycles. The van der Waals surface area contributed by atoms with E-state index in [1.165, 1.54) is 30.6 Å². The van der Waals surface area contributed by atoms with E-state index in [0.717, 1.165) is 5.65 Å². The molecule has 0 atom stereocenters. The number of thiazole rings is 1. The Morgan fingerprint density at radius 3 is 3.04 bits per heavy atom. The lowest BCUT2D eigenvalue weighted by atomic mass is 10.1. The van der Waals surface area contributed by atoms with Gasteiger partial charge in [0.2, 0.25) is 0 Å². The van der Waals surface area contributed by atoms with Crippen molar-refractivity contribution in [3.05, 3.63) is 65.7 Å². The number of ether oxygens (including phenoxy) is 1. The van der Waals surface area contributed by atoms with Gasteiger partial charge in [0.15, 0.2) is 5.13 Å². The second-order valence-electron chi connectivity index (χ2n) is 5.45. The van der Waals surface area contributed by atoms with Crippen molar-refractivity contribution in [1.82, 2.24) is 14.4 Å². The first-order chi connectivity index (χ1) is 12.6. The molecule has 0 saturated carbocycles. The van der Waals surface area contributed by atoms with Crippen LogP contribution in [-0.4, -0.2) is 27.4 Å². The van der Waals surface area contributed by atoms with Crippen LogP contribution in [0.15, 0.2) is 54.3 Å². The third-order valence-electron chi connectivity index (χ3n) is 3.81. The van der Waals surface area contributed by atoms with E-state index in [9.17, 15) is 9.18 Å². The molecule has 1 aromatic carbocycles. The zero-order valence-corrected chi connectivity index (χ0v) is 14.5. The van der Waals surface area contributed by atoms with Crippen molar-refractivity contribution >= 4 is 28.0 Å². The fourth-order valence-electron chi connectivity index (χ4n) is 2.56. The summed E-state index contributed by atoms with van der Waals surface area (Å²) >= 11 is 1.26. The molecule has 3 aromatic heterocycles. The standard InChI is InChI=1S/C18H13FN4O2S/c1-25-15-4-3-12(19)8-13(15)14-10-26-18(21-14)22-17(24)11-2-5-16-20-6-7-23(16)9-11/h2-10H,1H3,(H,21,22,24). The van der Waals surface area contributed by atoms with Gasteiger partial charge in [-0.25, -0.2) is 14.4 Å². The van der Waals surface area contributed by atoms with E-state index in [1.54, 1.807) is 46.6 Å². The Bertz CT molecular complexity index is 1110. The summed E-state index contributed by atoms with van der Waals surface area (Å²) in [4.78, 5) is 21.0. The van der Waals surface area contributed by atoms with Gasteiger partial charge in [-0.3, -0.25) is 10.1 Å². The fraction of sp³-hybridized carbons (Fsp3) is 0.0556. The summed E-state index contributed by atoms with van der Waals surface area (Å²) in [5.74, 6) is -0.152. The molecular weight excluding hydrogens is 355 g/mol. The van der Waals surface area contributed by atoms with Crippen molar-refractivity contribution in [2.45, 2.75) is 0 Å². The van der Waals surface area contributed by atoms with Crippen LogP contribution in [0.3, 0.4) is 0 Å². The number of pyridine rings is 1. The number of rotatable bonds is 4. The number of amides is 1. The number of carbonyl (C=O) groups excluding carboxylic acids is 1. The van der Waals surface area contributed by atoms with E-state index >= 15 is 0 Å². The van der Waals surface area contributed by atoms with Gasteiger partial charge >= 0.3 is 0 Å². The number of carbonyl (C=O) groups is 1. The lowest BCUT2D eigenvalue weighted by molar-refractivity contribution is 0.102. The van der Waals surface area contributed by atoms with Crippen molar-refractivity contribution in [2.24, 2.45) is 0 Å². The van der Waals surface area contributed by atoms with Gasteiger partial charge in [0, 0.05) is 29.5 Å².